The van der Waals surface area contributed by atoms with Gasteiger partial charge in [-0.05, 0) is 31.2 Å². The molecule has 1 saturated carbocycles. The van der Waals surface area contributed by atoms with E-state index in [-0.39, 0.29) is 5.56 Å². The Morgan fingerprint density at radius 1 is 1.50 bits per heavy atom. The summed E-state index contributed by atoms with van der Waals surface area (Å²) in [7, 11) is 0. The number of aromatic nitrogens is 2. The van der Waals surface area contributed by atoms with Crippen molar-refractivity contribution in [3.05, 3.63) is 40.5 Å². The maximum Gasteiger partial charge on any atom is 0.270 e. The number of allylic oxidation sites excluding steroid dienone is 1. The third-order valence-electron chi connectivity index (χ3n) is 3.78. The van der Waals surface area contributed by atoms with Crippen LogP contribution in [0, 0.1) is 0 Å². The summed E-state index contributed by atoms with van der Waals surface area (Å²) in [6, 6.07) is 1.88. The Labute approximate surface area is 120 Å². The Morgan fingerprint density at radius 2 is 2.25 bits per heavy atom. The lowest BCUT2D eigenvalue weighted by Gasteiger charge is -2.21. The summed E-state index contributed by atoms with van der Waals surface area (Å²) in [5.41, 5.74) is 1.60. The molecule has 0 amide bonds. The van der Waals surface area contributed by atoms with Crippen molar-refractivity contribution < 1.29 is 0 Å². The molecule has 0 spiro atoms. The van der Waals surface area contributed by atoms with Crippen LogP contribution in [0.4, 0.5) is 0 Å². The van der Waals surface area contributed by atoms with Crippen LogP contribution in [0.5, 0.6) is 0 Å². The number of rotatable bonds is 5. The smallest absolute Gasteiger partial charge is 0.267 e. The fraction of sp³-hybridized carbons (Fsp3) is 0.562. The van der Waals surface area contributed by atoms with Crippen LogP contribution >= 0.6 is 0 Å². The van der Waals surface area contributed by atoms with Crippen molar-refractivity contribution in [2.24, 2.45) is 4.99 Å². The van der Waals surface area contributed by atoms with Crippen molar-refractivity contribution in [1.29, 1.82) is 0 Å². The van der Waals surface area contributed by atoms with Crippen LogP contribution in [0.1, 0.15) is 56.9 Å². The summed E-state index contributed by atoms with van der Waals surface area (Å²) < 4.78 is 1.49. The number of aliphatic imine (C=N–C) groups is 1. The van der Waals surface area contributed by atoms with Gasteiger partial charge in [-0.15, -0.1) is 0 Å². The minimum absolute atomic E-state index is 0.0206. The SMILES string of the molecule is C=C(Cn1nccc(C2CCCCC2)c1=O)N=CCC. The highest BCUT2D eigenvalue weighted by Gasteiger charge is 2.19. The highest BCUT2D eigenvalue weighted by Crippen LogP contribution is 2.30. The Bertz CT molecular complexity index is 539. The highest BCUT2D eigenvalue weighted by molar-refractivity contribution is 5.58. The highest BCUT2D eigenvalue weighted by atomic mass is 16.1. The molecule has 108 valence electrons. The van der Waals surface area contributed by atoms with E-state index in [1.807, 2.05) is 13.0 Å². The van der Waals surface area contributed by atoms with E-state index in [4.69, 9.17) is 0 Å². The van der Waals surface area contributed by atoms with Crippen LogP contribution in [-0.4, -0.2) is 16.0 Å². The second-order valence-corrected chi connectivity index (χ2v) is 5.37. The summed E-state index contributed by atoms with van der Waals surface area (Å²) in [6.45, 7) is 6.26. The fourth-order valence-electron chi connectivity index (χ4n) is 2.74. The fourth-order valence-corrected chi connectivity index (χ4v) is 2.74. The molecule has 4 nitrogen and oxygen atoms in total. The first-order chi connectivity index (χ1) is 9.72. The molecule has 0 atom stereocenters. The molecule has 1 heterocycles. The quantitative estimate of drug-likeness (QED) is 0.773. The summed E-state index contributed by atoms with van der Waals surface area (Å²) in [5, 5.41) is 4.15. The normalized spacial score (nSPS) is 16.6. The molecule has 1 aromatic rings. The van der Waals surface area contributed by atoms with Crippen molar-refractivity contribution >= 4 is 6.21 Å². The predicted molar refractivity (Wildman–Crippen MR) is 82.2 cm³/mol. The van der Waals surface area contributed by atoms with Gasteiger partial charge in [-0.3, -0.25) is 9.79 Å². The molecule has 1 aliphatic rings. The van der Waals surface area contributed by atoms with Gasteiger partial charge in [0.25, 0.3) is 5.56 Å². The zero-order chi connectivity index (χ0) is 14.4. The van der Waals surface area contributed by atoms with Gasteiger partial charge in [0.1, 0.15) is 0 Å². The van der Waals surface area contributed by atoms with Crippen molar-refractivity contribution in [2.45, 2.75) is 57.9 Å². The molecule has 1 aliphatic carbocycles. The average Bonchev–Trinajstić information content (AvgIpc) is 2.48. The third-order valence-corrected chi connectivity index (χ3v) is 3.78. The molecule has 20 heavy (non-hydrogen) atoms. The second kappa shape index (κ2) is 7.17. The van der Waals surface area contributed by atoms with Crippen LogP contribution in [-0.2, 0) is 6.54 Å². The summed E-state index contributed by atoms with van der Waals surface area (Å²) in [6.07, 6.45) is 10.4. The molecule has 0 N–H and O–H groups in total. The van der Waals surface area contributed by atoms with Crippen LogP contribution in [0.25, 0.3) is 0 Å². The zero-order valence-electron chi connectivity index (χ0n) is 12.2. The Balaban J connectivity index is 2.16. The molecule has 0 radical (unpaired) electrons. The minimum Gasteiger partial charge on any atom is -0.267 e. The predicted octanol–water partition coefficient (Wildman–Crippen LogP) is 3.29. The Kier molecular flexibility index (Phi) is 5.27. The van der Waals surface area contributed by atoms with Crippen molar-refractivity contribution in [3.8, 4) is 0 Å². The number of hydrogen-bond donors (Lipinski definition) is 0. The first-order valence-corrected chi connectivity index (χ1v) is 7.48. The lowest BCUT2D eigenvalue weighted by molar-refractivity contribution is 0.436. The largest absolute Gasteiger partial charge is 0.270 e. The Morgan fingerprint density at radius 3 is 2.95 bits per heavy atom. The number of hydrogen-bond acceptors (Lipinski definition) is 3. The van der Waals surface area contributed by atoms with Gasteiger partial charge in [0.2, 0.25) is 0 Å². The van der Waals surface area contributed by atoms with Gasteiger partial charge in [0.05, 0.1) is 12.2 Å². The minimum atomic E-state index is 0.0206. The van der Waals surface area contributed by atoms with Crippen LogP contribution in [0.15, 0.2) is 34.3 Å². The maximum atomic E-state index is 12.5. The summed E-state index contributed by atoms with van der Waals surface area (Å²) in [4.78, 5) is 16.7. The molecular weight excluding hydrogens is 250 g/mol. The molecule has 0 unspecified atom stereocenters. The van der Waals surface area contributed by atoms with Gasteiger partial charge in [-0.2, -0.15) is 5.10 Å². The van der Waals surface area contributed by atoms with Crippen LogP contribution in [0.2, 0.25) is 0 Å². The van der Waals surface area contributed by atoms with Crippen molar-refractivity contribution in [3.63, 3.8) is 0 Å². The third kappa shape index (κ3) is 3.65. The molecule has 1 fully saturated rings. The van der Waals surface area contributed by atoms with Gasteiger partial charge >= 0.3 is 0 Å². The van der Waals surface area contributed by atoms with Crippen LogP contribution < -0.4 is 5.56 Å². The first-order valence-electron chi connectivity index (χ1n) is 7.48. The van der Waals surface area contributed by atoms with E-state index in [9.17, 15) is 4.79 Å². The van der Waals surface area contributed by atoms with Gasteiger partial charge < -0.3 is 0 Å². The Hall–Kier alpha value is -1.71. The van der Waals surface area contributed by atoms with E-state index in [2.05, 4.69) is 16.7 Å². The molecule has 0 saturated heterocycles. The van der Waals surface area contributed by atoms with E-state index < -0.39 is 0 Å². The lowest BCUT2D eigenvalue weighted by Crippen LogP contribution is -2.28. The molecule has 0 aromatic carbocycles. The maximum absolute atomic E-state index is 12.5. The van der Waals surface area contributed by atoms with Gasteiger partial charge in [0, 0.05) is 18.0 Å². The first kappa shape index (κ1) is 14.7. The van der Waals surface area contributed by atoms with E-state index >= 15 is 0 Å². The average molecular weight is 273 g/mol. The van der Waals surface area contributed by atoms with Crippen molar-refractivity contribution in [2.75, 3.05) is 0 Å². The van der Waals surface area contributed by atoms with E-state index in [1.165, 1.54) is 23.9 Å². The van der Waals surface area contributed by atoms with E-state index in [1.54, 1.807) is 12.4 Å². The molecule has 1 aromatic heterocycles. The zero-order valence-corrected chi connectivity index (χ0v) is 12.2. The molecule has 0 bridgehead atoms. The molecule has 0 aliphatic heterocycles. The second-order valence-electron chi connectivity index (χ2n) is 5.37. The number of nitrogens with zero attached hydrogens (tertiary/aromatic N) is 3. The van der Waals surface area contributed by atoms with Gasteiger partial charge in [-0.1, -0.05) is 32.8 Å². The summed E-state index contributed by atoms with van der Waals surface area (Å²) >= 11 is 0. The van der Waals surface area contributed by atoms with Gasteiger partial charge in [-0.25, -0.2) is 4.68 Å². The topological polar surface area (TPSA) is 47.2 Å². The van der Waals surface area contributed by atoms with Crippen LogP contribution in [0.3, 0.4) is 0 Å². The molecular formula is C16H23N3O. The van der Waals surface area contributed by atoms with E-state index in [0.29, 0.717) is 18.2 Å². The van der Waals surface area contributed by atoms with E-state index in [0.717, 1.165) is 24.8 Å². The monoisotopic (exact) mass is 273 g/mol. The lowest BCUT2D eigenvalue weighted by atomic mass is 9.85. The molecule has 4 heteroatoms. The summed E-state index contributed by atoms with van der Waals surface area (Å²) in [5.74, 6) is 0.401. The van der Waals surface area contributed by atoms with Crippen molar-refractivity contribution in [1.82, 2.24) is 9.78 Å². The van der Waals surface area contributed by atoms with Gasteiger partial charge in [0.15, 0.2) is 0 Å². The molecule has 2 rings (SSSR count). The standard InChI is InChI=1S/C16H23N3O/c1-3-10-17-13(2)12-19-16(20)15(9-11-18-19)14-7-5-4-6-8-14/h9-11,14H,2-8,12H2,1H3.